The number of hydrogen-bond donors (Lipinski definition) is 4. The van der Waals surface area contributed by atoms with Gasteiger partial charge in [0.05, 0.1) is 0 Å². The standard InChI is InChI=1S/C16H16N4O2/c17-20-15(22)12-6-9-7-16(4-5-16)8-18-14(21)10-2-1-3-11(19-12)13(9)10/h1-3,6-7,19H,4-5,8,17H2,(H,18,21)(H,20,22)/b9-7-. The summed E-state index contributed by atoms with van der Waals surface area (Å²) in [6.45, 7) is 0.638. The Morgan fingerprint density at radius 2 is 2.14 bits per heavy atom. The Hall–Kier alpha value is -2.60. The van der Waals surface area contributed by atoms with Gasteiger partial charge >= 0.3 is 0 Å². The molecule has 1 aromatic rings. The largest absolute Gasteiger partial charge is 0.351 e. The fourth-order valence-corrected chi connectivity index (χ4v) is 3.09. The minimum Gasteiger partial charge on any atom is -0.351 e. The van der Waals surface area contributed by atoms with Gasteiger partial charge < -0.3 is 10.6 Å². The highest BCUT2D eigenvalue weighted by molar-refractivity contribution is 6.08. The lowest BCUT2D eigenvalue weighted by atomic mass is 9.88. The first-order chi connectivity index (χ1) is 10.6. The first-order valence-electron chi connectivity index (χ1n) is 7.26. The van der Waals surface area contributed by atoms with Gasteiger partial charge in [0.2, 0.25) is 0 Å². The van der Waals surface area contributed by atoms with Crippen LogP contribution in [-0.2, 0) is 4.79 Å². The molecule has 4 rings (SSSR count). The van der Waals surface area contributed by atoms with Gasteiger partial charge in [-0.15, -0.1) is 0 Å². The maximum atomic E-state index is 12.4. The highest BCUT2D eigenvalue weighted by Gasteiger charge is 2.43. The van der Waals surface area contributed by atoms with Crippen LogP contribution in [0.3, 0.4) is 0 Å². The molecule has 0 unspecified atom stereocenters. The first-order valence-corrected chi connectivity index (χ1v) is 7.26. The number of carbonyl (C=O) groups excluding carboxylic acids is 2. The lowest BCUT2D eigenvalue weighted by molar-refractivity contribution is -0.117. The zero-order valence-electron chi connectivity index (χ0n) is 11.9. The molecule has 2 amide bonds. The molecule has 6 nitrogen and oxygen atoms in total. The van der Waals surface area contributed by atoms with Crippen LogP contribution in [0.25, 0.3) is 5.57 Å². The van der Waals surface area contributed by atoms with E-state index >= 15 is 0 Å². The Kier molecular flexibility index (Phi) is 2.65. The monoisotopic (exact) mass is 296 g/mol. The van der Waals surface area contributed by atoms with Crippen molar-refractivity contribution in [3.05, 3.63) is 47.2 Å². The fraction of sp³-hybridized carbons (Fsp3) is 0.250. The average Bonchev–Trinajstić information content (AvgIpc) is 3.30. The highest BCUT2D eigenvalue weighted by atomic mass is 16.2. The van der Waals surface area contributed by atoms with Gasteiger partial charge in [-0.25, -0.2) is 5.84 Å². The molecule has 5 N–H and O–H groups in total. The van der Waals surface area contributed by atoms with Crippen molar-refractivity contribution >= 4 is 23.1 Å². The molecule has 0 radical (unpaired) electrons. The maximum Gasteiger partial charge on any atom is 0.281 e. The summed E-state index contributed by atoms with van der Waals surface area (Å²) in [6.07, 6.45) is 6.05. The lowest BCUT2D eigenvalue weighted by Gasteiger charge is -2.26. The summed E-state index contributed by atoms with van der Waals surface area (Å²) in [5, 5.41) is 6.05. The van der Waals surface area contributed by atoms with Crippen molar-refractivity contribution < 1.29 is 9.59 Å². The van der Waals surface area contributed by atoms with E-state index in [0.29, 0.717) is 17.8 Å². The minimum atomic E-state index is -0.381. The molecule has 3 aliphatic rings. The van der Waals surface area contributed by atoms with Crippen LogP contribution in [0.1, 0.15) is 28.8 Å². The lowest BCUT2D eigenvalue weighted by Crippen LogP contribution is -2.36. The minimum absolute atomic E-state index is 0.0218. The fourth-order valence-electron chi connectivity index (χ4n) is 3.09. The molecule has 1 saturated carbocycles. The molecule has 0 bridgehead atoms. The van der Waals surface area contributed by atoms with Crippen LogP contribution in [0.15, 0.2) is 36.0 Å². The number of allylic oxidation sites excluding steroid dienone is 2. The third-order valence-electron chi connectivity index (χ3n) is 4.50. The van der Waals surface area contributed by atoms with E-state index in [0.717, 1.165) is 29.7 Å². The molecule has 2 aliphatic heterocycles. The molecule has 0 saturated heterocycles. The van der Waals surface area contributed by atoms with Crippen LogP contribution in [0.5, 0.6) is 0 Å². The van der Waals surface area contributed by atoms with Crippen molar-refractivity contribution in [2.24, 2.45) is 11.3 Å². The van der Waals surface area contributed by atoms with E-state index in [1.54, 1.807) is 18.2 Å². The third kappa shape index (κ3) is 1.92. The van der Waals surface area contributed by atoms with Gasteiger partial charge in [-0.2, -0.15) is 0 Å². The van der Waals surface area contributed by atoms with Crippen LogP contribution in [0.2, 0.25) is 0 Å². The summed E-state index contributed by atoms with van der Waals surface area (Å²) in [6, 6.07) is 5.46. The molecular formula is C16H16N4O2. The second kappa shape index (κ2) is 4.45. The van der Waals surface area contributed by atoms with E-state index in [1.165, 1.54) is 0 Å². The van der Waals surface area contributed by atoms with Gasteiger partial charge in [-0.3, -0.25) is 15.0 Å². The Labute approximate surface area is 127 Å². The van der Waals surface area contributed by atoms with Crippen LogP contribution >= 0.6 is 0 Å². The van der Waals surface area contributed by atoms with Crippen molar-refractivity contribution in [1.82, 2.24) is 10.7 Å². The van der Waals surface area contributed by atoms with E-state index in [9.17, 15) is 9.59 Å². The maximum absolute atomic E-state index is 12.4. The van der Waals surface area contributed by atoms with Gasteiger partial charge in [0, 0.05) is 28.8 Å². The van der Waals surface area contributed by atoms with Crippen LogP contribution < -0.4 is 21.9 Å². The molecular weight excluding hydrogens is 280 g/mol. The molecule has 1 aliphatic carbocycles. The van der Waals surface area contributed by atoms with Gasteiger partial charge in [0.15, 0.2) is 0 Å². The Morgan fingerprint density at radius 3 is 2.86 bits per heavy atom. The van der Waals surface area contributed by atoms with Crippen molar-refractivity contribution in [2.75, 3.05) is 11.9 Å². The van der Waals surface area contributed by atoms with Crippen molar-refractivity contribution in [3.8, 4) is 0 Å². The van der Waals surface area contributed by atoms with Crippen LogP contribution in [0, 0.1) is 5.41 Å². The van der Waals surface area contributed by atoms with Crippen molar-refractivity contribution in [2.45, 2.75) is 12.8 Å². The van der Waals surface area contributed by atoms with E-state index in [2.05, 4.69) is 22.1 Å². The molecule has 2 heterocycles. The number of anilines is 1. The summed E-state index contributed by atoms with van der Waals surface area (Å²) >= 11 is 0. The molecule has 22 heavy (non-hydrogen) atoms. The number of nitrogens with one attached hydrogen (secondary N) is 3. The summed E-state index contributed by atoms with van der Waals surface area (Å²) < 4.78 is 0. The third-order valence-corrected chi connectivity index (χ3v) is 4.50. The van der Waals surface area contributed by atoms with Crippen LogP contribution in [0.4, 0.5) is 5.69 Å². The normalized spacial score (nSPS) is 22.9. The van der Waals surface area contributed by atoms with E-state index in [4.69, 9.17) is 5.84 Å². The zero-order valence-corrected chi connectivity index (χ0v) is 11.9. The van der Waals surface area contributed by atoms with Crippen LogP contribution in [-0.4, -0.2) is 18.4 Å². The molecule has 1 aromatic carbocycles. The molecule has 0 aromatic heterocycles. The number of hydrogen-bond acceptors (Lipinski definition) is 4. The predicted octanol–water partition coefficient (Wildman–Crippen LogP) is 0.893. The highest BCUT2D eigenvalue weighted by Crippen LogP contribution is 2.50. The smallest absolute Gasteiger partial charge is 0.281 e. The Morgan fingerprint density at radius 1 is 1.32 bits per heavy atom. The summed E-state index contributed by atoms with van der Waals surface area (Å²) in [7, 11) is 0. The average molecular weight is 296 g/mol. The molecule has 0 atom stereocenters. The number of hydrazine groups is 1. The predicted molar refractivity (Wildman–Crippen MR) is 82.5 cm³/mol. The quantitative estimate of drug-likeness (QED) is 0.351. The number of nitrogens with two attached hydrogens (primary N) is 1. The number of benzene rings is 1. The second-order valence-electron chi connectivity index (χ2n) is 6.03. The van der Waals surface area contributed by atoms with Crippen molar-refractivity contribution in [1.29, 1.82) is 0 Å². The van der Waals surface area contributed by atoms with E-state index in [1.807, 2.05) is 6.07 Å². The number of rotatable bonds is 1. The van der Waals surface area contributed by atoms with Gasteiger partial charge in [0.25, 0.3) is 11.8 Å². The summed E-state index contributed by atoms with van der Waals surface area (Å²) in [5.41, 5.74) is 5.67. The van der Waals surface area contributed by atoms with Crippen molar-refractivity contribution in [3.63, 3.8) is 0 Å². The molecule has 1 fully saturated rings. The second-order valence-corrected chi connectivity index (χ2v) is 6.03. The van der Waals surface area contributed by atoms with E-state index in [-0.39, 0.29) is 17.2 Å². The summed E-state index contributed by atoms with van der Waals surface area (Å²) in [4.78, 5) is 24.3. The molecule has 6 heteroatoms. The molecule has 1 spiro atoms. The molecule has 112 valence electrons. The van der Waals surface area contributed by atoms with E-state index < -0.39 is 0 Å². The SMILES string of the molecule is NNC(=O)C1=C/C2=C/C3(CC3)CNC(=O)c3cccc(c32)N1. The van der Waals surface area contributed by atoms with Gasteiger partial charge in [-0.1, -0.05) is 12.1 Å². The number of amides is 2. The summed E-state index contributed by atoms with van der Waals surface area (Å²) in [5.74, 6) is 4.78. The number of carbonyl (C=O) groups is 2. The van der Waals surface area contributed by atoms with Gasteiger partial charge in [-0.05, 0) is 36.6 Å². The Bertz CT molecular complexity index is 759. The van der Waals surface area contributed by atoms with Gasteiger partial charge in [0.1, 0.15) is 5.70 Å². The Balaban J connectivity index is 1.93. The topological polar surface area (TPSA) is 96.2 Å². The zero-order chi connectivity index (χ0) is 15.3. The first kappa shape index (κ1) is 13.1.